The number of thioether (sulfide) groups is 1. The molecule has 1 aromatic heterocycles. The lowest BCUT2D eigenvalue weighted by Crippen LogP contribution is -2.59. The fraction of sp³-hybridized carbons (Fsp3) is 0.500. The average molecular weight is 331 g/mol. The number of fused-ring (bicyclic) bond motifs is 1. The van der Waals surface area contributed by atoms with Crippen LogP contribution in [0.2, 0.25) is 0 Å². The number of hydrogen-bond acceptors (Lipinski definition) is 7. The molecule has 0 radical (unpaired) electrons. The monoisotopic (exact) mass is 331 g/mol. The molecule has 0 amide bonds. The molecule has 0 aliphatic carbocycles. The first-order valence-corrected chi connectivity index (χ1v) is 8.89. The van der Waals surface area contributed by atoms with Crippen LogP contribution in [-0.4, -0.2) is 66.7 Å². The molecule has 0 saturated carbocycles. The minimum absolute atomic E-state index is 0.0151. The number of guanidine groups is 1. The van der Waals surface area contributed by atoms with Crippen LogP contribution in [0.5, 0.6) is 0 Å². The molecule has 1 N–H and O–H groups in total. The van der Waals surface area contributed by atoms with E-state index >= 15 is 0 Å². The normalized spacial score (nSPS) is 30.0. The standard InChI is InChI=1S/C16H21N5OS/c1-22-15-14-12(5-11-23-14)18-16(19-15)21-9-7-20(8-10-21)13-4-2-3-6-17-13/h2-6,11-12,14-15H,7-10H2,1H3,(H,18,19). The smallest absolute Gasteiger partial charge is 0.196 e. The van der Waals surface area contributed by atoms with Crippen molar-refractivity contribution < 1.29 is 4.74 Å². The van der Waals surface area contributed by atoms with E-state index in [1.54, 1.807) is 18.9 Å². The van der Waals surface area contributed by atoms with Gasteiger partial charge in [-0.3, -0.25) is 0 Å². The highest BCUT2D eigenvalue weighted by molar-refractivity contribution is 8.03. The first kappa shape index (κ1) is 14.8. The Morgan fingerprint density at radius 1 is 1.22 bits per heavy atom. The highest BCUT2D eigenvalue weighted by Crippen LogP contribution is 2.32. The van der Waals surface area contributed by atoms with Gasteiger partial charge >= 0.3 is 0 Å². The maximum Gasteiger partial charge on any atom is 0.196 e. The second-order valence-electron chi connectivity index (χ2n) is 5.84. The number of aromatic nitrogens is 1. The van der Waals surface area contributed by atoms with Crippen molar-refractivity contribution in [2.24, 2.45) is 4.99 Å². The summed E-state index contributed by atoms with van der Waals surface area (Å²) in [5.41, 5.74) is 0. The number of nitrogens with one attached hydrogen (secondary N) is 1. The van der Waals surface area contributed by atoms with Gasteiger partial charge in [-0.25, -0.2) is 9.98 Å². The van der Waals surface area contributed by atoms with Crippen LogP contribution in [0.1, 0.15) is 0 Å². The van der Waals surface area contributed by atoms with Crippen molar-refractivity contribution in [3.8, 4) is 0 Å². The lowest BCUT2D eigenvalue weighted by atomic mass is 10.1. The maximum absolute atomic E-state index is 5.62. The molecule has 122 valence electrons. The Hall–Kier alpha value is -1.73. The number of aliphatic imine (C=N–C) groups is 1. The second kappa shape index (κ2) is 6.41. The predicted octanol–water partition coefficient (Wildman–Crippen LogP) is 1.13. The highest BCUT2D eigenvalue weighted by atomic mass is 32.2. The quantitative estimate of drug-likeness (QED) is 0.877. The van der Waals surface area contributed by atoms with Crippen molar-refractivity contribution >= 4 is 23.5 Å². The Bertz CT molecular complexity index is 600. The lowest BCUT2D eigenvalue weighted by molar-refractivity contribution is 0.0775. The number of pyridine rings is 1. The third kappa shape index (κ3) is 2.90. The topological polar surface area (TPSA) is 53.0 Å². The van der Waals surface area contributed by atoms with E-state index in [2.05, 4.69) is 37.7 Å². The van der Waals surface area contributed by atoms with E-state index in [1.165, 1.54) is 0 Å². The Kier molecular flexibility index (Phi) is 4.13. The molecule has 7 heteroatoms. The molecule has 23 heavy (non-hydrogen) atoms. The van der Waals surface area contributed by atoms with Crippen molar-refractivity contribution in [2.75, 3.05) is 38.2 Å². The van der Waals surface area contributed by atoms with Crippen molar-refractivity contribution in [2.45, 2.75) is 17.5 Å². The summed E-state index contributed by atoms with van der Waals surface area (Å²) in [6.07, 6.45) is 4.04. The van der Waals surface area contributed by atoms with Gasteiger partial charge in [0.05, 0.1) is 11.3 Å². The van der Waals surface area contributed by atoms with Crippen LogP contribution in [0.4, 0.5) is 5.82 Å². The van der Waals surface area contributed by atoms with Gasteiger partial charge in [0, 0.05) is 39.5 Å². The molecule has 4 rings (SSSR count). The van der Waals surface area contributed by atoms with Gasteiger partial charge in [0.15, 0.2) is 5.96 Å². The van der Waals surface area contributed by atoms with Crippen LogP contribution in [0.3, 0.4) is 0 Å². The molecule has 3 aliphatic heterocycles. The molecule has 0 spiro atoms. The molecule has 3 aliphatic rings. The molecule has 0 bridgehead atoms. The number of methoxy groups -OCH3 is 1. The number of rotatable bonds is 2. The van der Waals surface area contributed by atoms with Gasteiger partial charge in [-0.2, -0.15) is 0 Å². The zero-order valence-electron chi connectivity index (χ0n) is 13.1. The predicted molar refractivity (Wildman–Crippen MR) is 93.7 cm³/mol. The number of anilines is 1. The van der Waals surface area contributed by atoms with Crippen LogP contribution < -0.4 is 10.2 Å². The molecule has 1 aromatic rings. The number of ether oxygens (including phenoxy) is 1. The van der Waals surface area contributed by atoms with E-state index in [0.717, 1.165) is 38.0 Å². The Morgan fingerprint density at radius 2 is 2.04 bits per heavy atom. The Balaban J connectivity index is 1.43. The molecule has 3 unspecified atom stereocenters. The largest absolute Gasteiger partial charge is 0.360 e. The second-order valence-corrected chi connectivity index (χ2v) is 6.92. The van der Waals surface area contributed by atoms with Gasteiger partial charge in [-0.15, -0.1) is 11.8 Å². The van der Waals surface area contributed by atoms with Gasteiger partial charge in [-0.1, -0.05) is 12.1 Å². The zero-order chi connectivity index (χ0) is 15.6. The van der Waals surface area contributed by atoms with Gasteiger partial charge in [0.2, 0.25) is 0 Å². The zero-order valence-corrected chi connectivity index (χ0v) is 13.9. The minimum Gasteiger partial charge on any atom is -0.360 e. The summed E-state index contributed by atoms with van der Waals surface area (Å²) >= 11 is 1.80. The number of piperazine rings is 1. The molecule has 0 aromatic carbocycles. The molecule has 3 atom stereocenters. The lowest BCUT2D eigenvalue weighted by Gasteiger charge is -2.41. The molecule has 1 saturated heterocycles. The molecular weight excluding hydrogens is 310 g/mol. The third-order valence-corrected chi connectivity index (χ3v) is 5.65. The molecular formula is C16H21N5OS. The Morgan fingerprint density at radius 3 is 2.78 bits per heavy atom. The first-order valence-electron chi connectivity index (χ1n) is 7.95. The van der Waals surface area contributed by atoms with Crippen LogP contribution in [0.15, 0.2) is 40.9 Å². The molecule has 1 fully saturated rings. The van der Waals surface area contributed by atoms with Crippen molar-refractivity contribution in [3.63, 3.8) is 0 Å². The SMILES string of the molecule is COC1NC(N2CCN(c3ccccn3)CC2)=NC2C=CSC21. The third-order valence-electron chi connectivity index (χ3n) is 4.50. The van der Waals surface area contributed by atoms with Gasteiger partial charge in [0.1, 0.15) is 12.0 Å². The molecule has 4 heterocycles. The highest BCUT2D eigenvalue weighted by Gasteiger charge is 2.37. The van der Waals surface area contributed by atoms with E-state index in [9.17, 15) is 0 Å². The number of nitrogens with zero attached hydrogens (tertiary/aromatic N) is 4. The van der Waals surface area contributed by atoms with Crippen molar-refractivity contribution in [3.05, 3.63) is 35.9 Å². The van der Waals surface area contributed by atoms with E-state index < -0.39 is 0 Å². The van der Waals surface area contributed by atoms with Crippen LogP contribution >= 0.6 is 11.8 Å². The minimum atomic E-state index is 0.0151. The summed E-state index contributed by atoms with van der Waals surface area (Å²) < 4.78 is 5.62. The summed E-state index contributed by atoms with van der Waals surface area (Å²) in [6, 6.07) is 6.28. The van der Waals surface area contributed by atoms with Gasteiger partial charge in [0.25, 0.3) is 0 Å². The average Bonchev–Trinajstić information content (AvgIpc) is 3.10. The van der Waals surface area contributed by atoms with E-state index in [1.807, 2.05) is 18.3 Å². The van der Waals surface area contributed by atoms with Gasteiger partial charge in [-0.05, 0) is 17.5 Å². The summed E-state index contributed by atoms with van der Waals surface area (Å²) in [6.45, 7) is 3.78. The van der Waals surface area contributed by atoms with Crippen LogP contribution in [-0.2, 0) is 4.74 Å². The summed E-state index contributed by atoms with van der Waals surface area (Å²) in [7, 11) is 1.76. The summed E-state index contributed by atoms with van der Waals surface area (Å²) in [5, 5.41) is 5.94. The van der Waals surface area contributed by atoms with Crippen LogP contribution in [0.25, 0.3) is 0 Å². The fourth-order valence-electron chi connectivity index (χ4n) is 3.22. The van der Waals surface area contributed by atoms with E-state index in [4.69, 9.17) is 9.73 Å². The summed E-state index contributed by atoms with van der Waals surface area (Å²) in [5.74, 6) is 2.02. The van der Waals surface area contributed by atoms with Crippen molar-refractivity contribution in [1.82, 2.24) is 15.2 Å². The maximum atomic E-state index is 5.62. The molecule has 6 nitrogen and oxygen atoms in total. The summed E-state index contributed by atoms with van der Waals surface area (Å²) in [4.78, 5) is 14.0. The van der Waals surface area contributed by atoms with E-state index in [-0.39, 0.29) is 12.3 Å². The fourth-order valence-corrected chi connectivity index (χ4v) is 4.28. The first-order chi connectivity index (χ1) is 11.3. The van der Waals surface area contributed by atoms with Crippen LogP contribution in [0, 0.1) is 0 Å². The van der Waals surface area contributed by atoms with E-state index in [0.29, 0.717) is 5.25 Å². The Labute approximate surface area is 140 Å². The van der Waals surface area contributed by atoms with Gasteiger partial charge < -0.3 is 19.9 Å². The van der Waals surface area contributed by atoms with Crippen molar-refractivity contribution in [1.29, 1.82) is 0 Å². The number of hydrogen-bond donors (Lipinski definition) is 1.